The van der Waals surface area contributed by atoms with E-state index in [1.807, 2.05) is 0 Å². The zero-order valence-electron chi connectivity index (χ0n) is 10.7. The van der Waals surface area contributed by atoms with Crippen LogP contribution in [-0.2, 0) is 28.4 Å². The van der Waals surface area contributed by atoms with Crippen molar-refractivity contribution in [3.8, 4) is 0 Å². The van der Waals surface area contributed by atoms with Crippen molar-refractivity contribution in [1.29, 1.82) is 0 Å². The average molecular weight is 273 g/mol. The standard InChI is InChI=1S/C11H19N3O3S/c1-13-8-11(5-9(13)6-12)18(15,16)14-4-3-10(7-14)17-2/h5,8,10H,3-4,6-7,12H2,1-2H3. The second-order valence-electron chi connectivity index (χ2n) is 4.49. The van der Waals surface area contributed by atoms with Crippen molar-refractivity contribution in [3.63, 3.8) is 0 Å². The van der Waals surface area contributed by atoms with Crippen molar-refractivity contribution in [2.24, 2.45) is 12.8 Å². The number of methoxy groups -OCH3 is 1. The van der Waals surface area contributed by atoms with Crippen LogP contribution < -0.4 is 5.73 Å². The van der Waals surface area contributed by atoms with Gasteiger partial charge < -0.3 is 15.0 Å². The maximum atomic E-state index is 12.4. The van der Waals surface area contributed by atoms with E-state index < -0.39 is 10.0 Å². The fourth-order valence-electron chi connectivity index (χ4n) is 2.18. The third-order valence-corrected chi connectivity index (χ3v) is 5.20. The molecule has 0 spiro atoms. The number of rotatable bonds is 4. The molecule has 2 heterocycles. The van der Waals surface area contributed by atoms with Crippen LogP contribution in [0.2, 0.25) is 0 Å². The lowest BCUT2D eigenvalue weighted by molar-refractivity contribution is 0.115. The van der Waals surface area contributed by atoms with Gasteiger partial charge in [-0.2, -0.15) is 4.31 Å². The fraction of sp³-hybridized carbons (Fsp3) is 0.636. The number of ether oxygens (including phenoxy) is 1. The van der Waals surface area contributed by atoms with Gasteiger partial charge in [0.25, 0.3) is 0 Å². The van der Waals surface area contributed by atoms with E-state index >= 15 is 0 Å². The number of sulfonamides is 1. The molecule has 1 atom stereocenters. The van der Waals surface area contributed by atoms with Gasteiger partial charge in [0.2, 0.25) is 10.0 Å². The highest BCUT2D eigenvalue weighted by Gasteiger charge is 2.33. The molecule has 0 amide bonds. The molecule has 102 valence electrons. The molecule has 0 aliphatic carbocycles. The van der Waals surface area contributed by atoms with Crippen LogP contribution >= 0.6 is 0 Å². The molecular formula is C11H19N3O3S. The van der Waals surface area contributed by atoms with E-state index in [-0.39, 0.29) is 6.10 Å². The van der Waals surface area contributed by atoms with Crippen LogP contribution in [0.5, 0.6) is 0 Å². The zero-order valence-corrected chi connectivity index (χ0v) is 11.5. The number of hydrogen-bond donors (Lipinski definition) is 1. The molecule has 2 rings (SSSR count). The summed E-state index contributed by atoms with van der Waals surface area (Å²) in [4.78, 5) is 0.308. The lowest BCUT2D eigenvalue weighted by atomic mass is 10.3. The summed E-state index contributed by atoms with van der Waals surface area (Å²) in [5, 5.41) is 0. The average Bonchev–Trinajstić information content (AvgIpc) is 2.95. The third kappa shape index (κ3) is 2.31. The van der Waals surface area contributed by atoms with Crippen LogP contribution in [0.4, 0.5) is 0 Å². The third-order valence-electron chi connectivity index (χ3n) is 3.37. The summed E-state index contributed by atoms with van der Waals surface area (Å²) in [6, 6.07) is 1.63. The topological polar surface area (TPSA) is 77.6 Å². The Hall–Kier alpha value is -0.890. The first kappa shape index (κ1) is 13.5. The van der Waals surface area contributed by atoms with E-state index in [0.717, 1.165) is 12.1 Å². The van der Waals surface area contributed by atoms with Crippen LogP contribution in [0.1, 0.15) is 12.1 Å². The van der Waals surface area contributed by atoms with Gasteiger partial charge in [-0.25, -0.2) is 8.42 Å². The molecule has 18 heavy (non-hydrogen) atoms. The molecule has 0 radical (unpaired) electrons. The summed E-state index contributed by atoms with van der Waals surface area (Å²) >= 11 is 0. The minimum absolute atomic E-state index is 0.00235. The molecule has 1 aromatic heterocycles. The normalized spacial score (nSPS) is 21.6. The van der Waals surface area contributed by atoms with Crippen molar-refractivity contribution in [3.05, 3.63) is 18.0 Å². The van der Waals surface area contributed by atoms with Gasteiger partial charge in [-0.05, 0) is 12.5 Å². The van der Waals surface area contributed by atoms with Crippen LogP contribution in [0, 0.1) is 0 Å². The van der Waals surface area contributed by atoms with Crippen LogP contribution in [0.25, 0.3) is 0 Å². The van der Waals surface area contributed by atoms with Crippen LogP contribution in [0.3, 0.4) is 0 Å². The summed E-state index contributed by atoms with van der Waals surface area (Å²) in [5.74, 6) is 0. The molecule has 0 saturated carbocycles. The maximum Gasteiger partial charge on any atom is 0.244 e. The molecule has 1 aromatic rings. The number of nitrogens with zero attached hydrogens (tertiary/aromatic N) is 2. The first-order valence-electron chi connectivity index (χ1n) is 5.87. The zero-order chi connectivity index (χ0) is 13.3. The SMILES string of the molecule is COC1CCN(S(=O)(=O)c2cc(CN)n(C)c2)C1. The van der Waals surface area contributed by atoms with Gasteiger partial charge in [-0.1, -0.05) is 0 Å². The molecule has 0 bridgehead atoms. The Morgan fingerprint density at radius 2 is 2.28 bits per heavy atom. The quantitative estimate of drug-likeness (QED) is 0.830. The summed E-state index contributed by atoms with van der Waals surface area (Å²) in [7, 11) is -0.0148. The van der Waals surface area contributed by atoms with Crippen molar-refractivity contribution >= 4 is 10.0 Å². The lowest BCUT2D eigenvalue weighted by Crippen LogP contribution is -2.29. The smallest absolute Gasteiger partial charge is 0.244 e. The van der Waals surface area contributed by atoms with E-state index in [0.29, 0.717) is 24.5 Å². The highest BCUT2D eigenvalue weighted by atomic mass is 32.2. The molecular weight excluding hydrogens is 254 g/mol. The van der Waals surface area contributed by atoms with Gasteiger partial charge in [-0.3, -0.25) is 0 Å². The Morgan fingerprint density at radius 1 is 1.56 bits per heavy atom. The highest BCUT2D eigenvalue weighted by molar-refractivity contribution is 7.89. The van der Waals surface area contributed by atoms with Gasteiger partial charge >= 0.3 is 0 Å². The maximum absolute atomic E-state index is 12.4. The molecule has 6 nitrogen and oxygen atoms in total. The van der Waals surface area contributed by atoms with Crippen molar-refractivity contribution in [2.75, 3.05) is 20.2 Å². The summed E-state index contributed by atoms with van der Waals surface area (Å²) in [6.45, 7) is 1.26. The summed E-state index contributed by atoms with van der Waals surface area (Å²) in [6.07, 6.45) is 2.35. The van der Waals surface area contributed by atoms with E-state index in [1.54, 1.807) is 31.0 Å². The monoisotopic (exact) mass is 273 g/mol. The summed E-state index contributed by atoms with van der Waals surface area (Å²) < 4.78 is 33.2. The second kappa shape index (κ2) is 5.00. The number of hydrogen-bond acceptors (Lipinski definition) is 4. The van der Waals surface area contributed by atoms with E-state index in [9.17, 15) is 8.42 Å². The second-order valence-corrected chi connectivity index (χ2v) is 6.43. The Kier molecular flexibility index (Phi) is 3.76. The van der Waals surface area contributed by atoms with Crippen molar-refractivity contribution < 1.29 is 13.2 Å². The Bertz CT molecular complexity index is 524. The predicted molar refractivity (Wildman–Crippen MR) is 67.5 cm³/mol. The van der Waals surface area contributed by atoms with Gasteiger partial charge in [0.05, 0.1) is 6.10 Å². The molecule has 0 aromatic carbocycles. The number of nitrogens with two attached hydrogens (primary N) is 1. The van der Waals surface area contributed by atoms with Gasteiger partial charge in [0, 0.05) is 45.7 Å². The van der Waals surface area contributed by atoms with E-state index in [4.69, 9.17) is 10.5 Å². The molecule has 1 unspecified atom stereocenters. The molecule has 1 fully saturated rings. The van der Waals surface area contributed by atoms with E-state index in [1.165, 1.54) is 4.31 Å². The van der Waals surface area contributed by atoms with Gasteiger partial charge in [0.15, 0.2) is 0 Å². The minimum Gasteiger partial charge on any atom is -0.380 e. The molecule has 1 aliphatic rings. The predicted octanol–water partition coefficient (Wildman–Crippen LogP) is -0.107. The fourth-order valence-corrected chi connectivity index (χ4v) is 3.76. The first-order chi connectivity index (χ1) is 8.48. The largest absolute Gasteiger partial charge is 0.380 e. The van der Waals surface area contributed by atoms with Crippen LogP contribution in [0.15, 0.2) is 17.2 Å². The van der Waals surface area contributed by atoms with Crippen LogP contribution in [-0.4, -0.2) is 43.6 Å². The Morgan fingerprint density at radius 3 is 2.78 bits per heavy atom. The number of aromatic nitrogens is 1. The van der Waals surface area contributed by atoms with Gasteiger partial charge in [0.1, 0.15) is 4.90 Å². The minimum atomic E-state index is -3.42. The molecule has 1 aliphatic heterocycles. The van der Waals surface area contributed by atoms with Gasteiger partial charge in [-0.15, -0.1) is 0 Å². The Balaban J connectivity index is 2.25. The highest BCUT2D eigenvalue weighted by Crippen LogP contribution is 2.23. The van der Waals surface area contributed by atoms with E-state index in [2.05, 4.69) is 0 Å². The summed E-state index contributed by atoms with van der Waals surface area (Å²) in [5.41, 5.74) is 6.36. The molecule has 2 N–H and O–H groups in total. The Labute approximate surface area is 107 Å². The van der Waals surface area contributed by atoms with Crippen molar-refractivity contribution in [1.82, 2.24) is 8.87 Å². The molecule has 7 heteroatoms. The van der Waals surface area contributed by atoms with Crippen molar-refractivity contribution in [2.45, 2.75) is 24.0 Å². The number of aryl methyl sites for hydroxylation is 1. The lowest BCUT2D eigenvalue weighted by Gasteiger charge is -2.14. The molecule has 1 saturated heterocycles. The first-order valence-corrected chi connectivity index (χ1v) is 7.31.